The molecule has 0 radical (unpaired) electrons. The van der Waals surface area contributed by atoms with Gasteiger partial charge in [0.05, 0.1) is 0 Å². The molecule has 0 bridgehead atoms. The Morgan fingerprint density at radius 1 is 1.25 bits per heavy atom. The summed E-state index contributed by atoms with van der Waals surface area (Å²) in [5, 5.41) is 0. The highest BCUT2D eigenvalue weighted by molar-refractivity contribution is 5.47. The molecule has 20 heavy (non-hydrogen) atoms. The van der Waals surface area contributed by atoms with Gasteiger partial charge in [-0.05, 0) is 55.7 Å². The largest absolute Gasteiger partial charge is 0.371 e. The number of rotatable bonds is 4. The molecule has 1 aromatic carbocycles. The maximum absolute atomic E-state index is 13.3. The topological polar surface area (TPSA) is 29.3 Å². The number of benzene rings is 1. The maximum Gasteiger partial charge on any atom is 0.125 e. The fraction of sp³-hybridized carbons (Fsp3) is 0.647. The maximum atomic E-state index is 13.3. The number of halogens is 1. The van der Waals surface area contributed by atoms with Crippen molar-refractivity contribution in [2.45, 2.75) is 44.6 Å². The first-order valence-corrected chi connectivity index (χ1v) is 7.98. The Hall–Kier alpha value is -1.09. The molecule has 0 spiro atoms. The van der Waals surface area contributed by atoms with Crippen molar-refractivity contribution in [2.75, 3.05) is 18.0 Å². The number of hydrogen-bond acceptors (Lipinski definition) is 2. The molecule has 3 rings (SSSR count). The highest BCUT2D eigenvalue weighted by Crippen LogP contribution is 2.32. The Labute approximate surface area is 121 Å². The van der Waals surface area contributed by atoms with E-state index in [0.717, 1.165) is 31.1 Å². The van der Waals surface area contributed by atoms with Crippen LogP contribution in [0.1, 0.15) is 38.5 Å². The van der Waals surface area contributed by atoms with Crippen LogP contribution in [0, 0.1) is 17.7 Å². The van der Waals surface area contributed by atoms with Crippen molar-refractivity contribution in [2.24, 2.45) is 17.6 Å². The molecule has 0 aromatic heterocycles. The fourth-order valence-electron chi connectivity index (χ4n) is 3.90. The first-order chi connectivity index (χ1) is 9.72. The van der Waals surface area contributed by atoms with E-state index in [1.165, 1.54) is 38.2 Å². The van der Waals surface area contributed by atoms with Crippen LogP contribution in [0.15, 0.2) is 24.3 Å². The molecule has 2 unspecified atom stereocenters. The molecule has 1 aliphatic heterocycles. The first-order valence-electron chi connectivity index (χ1n) is 7.98. The van der Waals surface area contributed by atoms with Gasteiger partial charge in [-0.15, -0.1) is 0 Å². The van der Waals surface area contributed by atoms with Crippen molar-refractivity contribution in [3.8, 4) is 0 Å². The number of nitrogens with zero attached hydrogens (tertiary/aromatic N) is 1. The molecule has 110 valence electrons. The lowest BCUT2D eigenvalue weighted by molar-refractivity contribution is 0.357. The Balaban J connectivity index is 1.54. The number of anilines is 1. The van der Waals surface area contributed by atoms with E-state index in [1.54, 1.807) is 12.1 Å². The average molecular weight is 276 g/mol. The van der Waals surface area contributed by atoms with Crippen molar-refractivity contribution in [1.29, 1.82) is 0 Å². The van der Waals surface area contributed by atoms with Crippen molar-refractivity contribution in [1.82, 2.24) is 0 Å². The minimum Gasteiger partial charge on any atom is -0.371 e. The van der Waals surface area contributed by atoms with E-state index >= 15 is 0 Å². The fourth-order valence-corrected chi connectivity index (χ4v) is 3.90. The molecule has 3 heteroatoms. The van der Waals surface area contributed by atoms with Gasteiger partial charge in [0.1, 0.15) is 5.82 Å². The Bertz CT molecular complexity index is 442. The standard InChI is InChI=1S/C17H25FN2/c18-15-6-3-7-16(11-15)20-9-8-13(12-20)10-17(19)14-4-1-2-5-14/h3,6-7,11,13-14,17H,1-2,4-5,8-10,12,19H2. The van der Waals surface area contributed by atoms with Gasteiger partial charge in [0, 0.05) is 24.8 Å². The van der Waals surface area contributed by atoms with Crippen LogP contribution in [0.5, 0.6) is 0 Å². The third-order valence-corrected chi connectivity index (χ3v) is 5.07. The van der Waals surface area contributed by atoms with Gasteiger partial charge < -0.3 is 10.6 Å². The molecule has 1 aliphatic carbocycles. The molecule has 2 N–H and O–H groups in total. The highest BCUT2D eigenvalue weighted by atomic mass is 19.1. The molecule has 2 aliphatic rings. The summed E-state index contributed by atoms with van der Waals surface area (Å²) >= 11 is 0. The summed E-state index contributed by atoms with van der Waals surface area (Å²) in [5.41, 5.74) is 7.40. The van der Waals surface area contributed by atoms with E-state index in [1.807, 2.05) is 6.07 Å². The summed E-state index contributed by atoms with van der Waals surface area (Å²) in [6.45, 7) is 2.06. The van der Waals surface area contributed by atoms with Crippen LogP contribution in [0.3, 0.4) is 0 Å². The highest BCUT2D eigenvalue weighted by Gasteiger charge is 2.28. The van der Waals surface area contributed by atoms with E-state index in [0.29, 0.717) is 12.0 Å². The summed E-state index contributed by atoms with van der Waals surface area (Å²) in [5.74, 6) is 1.28. The first kappa shape index (κ1) is 13.9. The minimum absolute atomic E-state index is 0.145. The van der Waals surface area contributed by atoms with E-state index < -0.39 is 0 Å². The van der Waals surface area contributed by atoms with Gasteiger partial charge in [0.2, 0.25) is 0 Å². The van der Waals surface area contributed by atoms with Gasteiger partial charge in [-0.2, -0.15) is 0 Å². The van der Waals surface area contributed by atoms with E-state index in [-0.39, 0.29) is 5.82 Å². The lowest BCUT2D eigenvalue weighted by Gasteiger charge is -2.23. The van der Waals surface area contributed by atoms with Crippen LogP contribution in [-0.2, 0) is 0 Å². The molecule has 0 amide bonds. The Morgan fingerprint density at radius 3 is 2.80 bits per heavy atom. The smallest absolute Gasteiger partial charge is 0.125 e. The normalized spacial score (nSPS) is 25.3. The van der Waals surface area contributed by atoms with Crippen LogP contribution in [-0.4, -0.2) is 19.1 Å². The van der Waals surface area contributed by atoms with Crippen LogP contribution in [0.2, 0.25) is 0 Å². The summed E-state index contributed by atoms with van der Waals surface area (Å²) in [6, 6.07) is 7.31. The molecule has 1 saturated heterocycles. The van der Waals surface area contributed by atoms with E-state index in [9.17, 15) is 4.39 Å². The zero-order valence-corrected chi connectivity index (χ0v) is 12.1. The van der Waals surface area contributed by atoms with Gasteiger partial charge in [-0.1, -0.05) is 18.9 Å². The van der Waals surface area contributed by atoms with Crippen LogP contribution in [0.4, 0.5) is 10.1 Å². The van der Waals surface area contributed by atoms with Crippen molar-refractivity contribution in [3.05, 3.63) is 30.1 Å². The van der Waals surface area contributed by atoms with Crippen molar-refractivity contribution in [3.63, 3.8) is 0 Å². The summed E-state index contributed by atoms with van der Waals surface area (Å²) in [4.78, 5) is 2.30. The SMILES string of the molecule is NC(CC1CCN(c2cccc(F)c2)C1)C1CCCC1. The predicted octanol–water partition coefficient (Wildman–Crippen LogP) is 3.56. The second kappa shape index (κ2) is 6.13. The number of nitrogens with two attached hydrogens (primary N) is 1. The second-order valence-electron chi connectivity index (χ2n) is 6.52. The predicted molar refractivity (Wildman–Crippen MR) is 81.3 cm³/mol. The monoisotopic (exact) mass is 276 g/mol. The molecule has 1 heterocycles. The van der Waals surface area contributed by atoms with Gasteiger partial charge in [-0.3, -0.25) is 0 Å². The van der Waals surface area contributed by atoms with E-state index in [4.69, 9.17) is 5.73 Å². The molecule has 2 atom stereocenters. The van der Waals surface area contributed by atoms with Gasteiger partial charge in [0.15, 0.2) is 0 Å². The summed E-state index contributed by atoms with van der Waals surface area (Å²) < 4.78 is 13.3. The zero-order chi connectivity index (χ0) is 13.9. The molecule has 1 aromatic rings. The third-order valence-electron chi connectivity index (χ3n) is 5.07. The Kier molecular flexibility index (Phi) is 4.25. The van der Waals surface area contributed by atoms with Gasteiger partial charge in [-0.25, -0.2) is 4.39 Å². The molecular weight excluding hydrogens is 251 g/mol. The second-order valence-corrected chi connectivity index (χ2v) is 6.52. The third kappa shape index (κ3) is 3.14. The minimum atomic E-state index is -0.145. The lowest BCUT2D eigenvalue weighted by Crippen LogP contribution is -2.31. The van der Waals surface area contributed by atoms with Crippen molar-refractivity contribution >= 4 is 5.69 Å². The Morgan fingerprint density at radius 2 is 2.05 bits per heavy atom. The van der Waals surface area contributed by atoms with Crippen LogP contribution < -0.4 is 10.6 Å². The zero-order valence-electron chi connectivity index (χ0n) is 12.1. The quantitative estimate of drug-likeness (QED) is 0.911. The lowest BCUT2D eigenvalue weighted by atomic mass is 9.89. The average Bonchev–Trinajstić information content (AvgIpc) is 3.10. The van der Waals surface area contributed by atoms with Crippen LogP contribution in [0.25, 0.3) is 0 Å². The van der Waals surface area contributed by atoms with Crippen molar-refractivity contribution < 1.29 is 4.39 Å². The van der Waals surface area contributed by atoms with E-state index in [2.05, 4.69) is 4.90 Å². The molecule has 2 nitrogen and oxygen atoms in total. The van der Waals surface area contributed by atoms with Gasteiger partial charge >= 0.3 is 0 Å². The summed E-state index contributed by atoms with van der Waals surface area (Å²) in [6.07, 6.45) is 7.69. The van der Waals surface area contributed by atoms with Crippen LogP contribution >= 0.6 is 0 Å². The molecular formula is C17H25FN2. The number of hydrogen-bond donors (Lipinski definition) is 1. The summed E-state index contributed by atoms with van der Waals surface area (Å²) in [7, 11) is 0. The molecule has 2 fully saturated rings. The van der Waals surface area contributed by atoms with Gasteiger partial charge in [0.25, 0.3) is 0 Å². The molecule has 1 saturated carbocycles.